The van der Waals surface area contributed by atoms with Gasteiger partial charge in [-0.05, 0) is 18.2 Å². The van der Waals surface area contributed by atoms with Gasteiger partial charge in [-0.15, -0.1) is 0 Å². The molecule has 1 amide bonds. The van der Waals surface area contributed by atoms with Gasteiger partial charge in [0.1, 0.15) is 6.54 Å². The number of fused-ring (bicyclic) bond motifs is 2. The van der Waals surface area contributed by atoms with Crippen LogP contribution in [0.1, 0.15) is 6.42 Å². The van der Waals surface area contributed by atoms with E-state index in [0.717, 1.165) is 17.1 Å². The smallest absolute Gasteiger partial charge is 0.270 e. The minimum absolute atomic E-state index is 0.0741. The van der Waals surface area contributed by atoms with E-state index in [4.69, 9.17) is 9.47 Å². The lowest BCUT2D eigenvalue weighted by molar-refractivity contribution is -0.384. The van der Waals surface area contributed by atoms with E-state index in [9.17, 15) is 19.7 Å². The number of benzene rings is 2. The van der Waals surface area contributed by atoms with Gasteiger partial charge in [0.05, 0.1) is 35.4 Å². The molecule has 0 atom stereocenters. The van der Waals surface area contributed by atoms with E-state index in [1.807, 2.05) is 0 Å². The van der Waals surface area contributed by atoms with Crippen molar-refractivity contribution in [2.75, 3.05) is 18.5 Å². The van der Waals surface area contributed by atoms with E-state index in [1.165, 1.54) is 18.5 Å². The molecule has 29 heavy (non-hydrogen) atoms. The highest BCUT2D eigenvalue weighted by Gasteiger charge is 2.14. The van der Waals surface area contributed by atoms with Crippen molar-refractivity contribution in [3.8, 4) is 11.5 Å². The number of nitro benzene ring substituents is 1. The predicted molar refractivity (Wildman–Crippen MR) is 103 cm³/mol. The topological polar surface area (TPSA) is 126 Å². The molecular weight excluding hydrogens is 380 g/mol. The molecule has 0 saturated carbocycles. The van der Waals surface area contributed by atoms with Gasteiger partial charge in [-0.1, -0.05) is 0 Å². The fraction of sp³-hybridized carbons (Fsp3) is 0.211. The Kier molecular flexibility index (Phi) is 4.82. The van der Waals surface area contributed by atoms with Gasteiger partial charge in [0.25, 0.3) is 11.2 Å². The number of hydrogen-bond donors (Lipinski definition) is 1. The second-order valence-corrected chi connectivity index (χ2v) is 6.40. The van der Waals surface area contributed by atoms with Crippen molar-refractivity contribution >= 4 is 28.2 Å². The maximum absolute atomic E-state index is 12.6. The average Bonchev–Trinajstić information content (AvgIpc) is 2.95. The Morgan fingerprint density at radius 2 is 1.97 bits per heavy atom. The van der Waals surface area contributed by atoms with Crippen LogP contribution in [0.15, 0.2) is 47.5 Å². The maximum atomic E-state index is 12.6. The lowest BCUT2D eigenvalue weighted by atomic mass is 10.2. The minimum Gasteiger partial charge on any atom is -0.490 e. The fourth-order valence-electron chi connectivity index (χ4n) is 2.97. The Morgan fingerprint density at radius 3 is 2.76 bits per heavy atom. The molecule has 0 radical (unpaired) electrons. The third-order valence-electron chi connectivity index (χ3n) is 4.36. The molecule has 1 aliphatic heterocycles. The average molecular weight is 396 g/mol. The zero-order valence-corrected chi connectivity index (χ0v) is 15.2. The molecule has 2 aromatic carbocycles. The number of carbonyl (C=O) groups excluding carboxylic acids is 1. The van der Waals surface area contributed by atoms with E-state index < -0.39 is 16.4 Å². The standard InChI is InChI=1S/C19H16N4O6/c24-18(21-12-2-5-16-17(8-12)29-7-1-6-28-16)10-22-11-20-15-4-3-13(23(26)27)9-14(15)19(22)25/h2-5,8-9,11H,1,6-7,10H2,(H,21,24). The van der Waals surface area contributed by atoms with Gasteiger partial charge in [-0.25, -0.2) is 4.98 Å². The summed E-state index contributed by atoms with van der Waals surface area (Å²) < 4.78 is 12.2. The number of aromatic nitrogens is 2. The van der Waals surface area contributed by atoms with Crippen molar-refractivity contribution in [2.24, 2.45) is 0 Å². The lowest BCUT2D eigenvalue weighted by Gasteiger charge is -2.11. The summed E-state index contributed by atoms with van der Waals surface area (Å²) in [5.74, 6) is 0.697. The van der Waals surface area contributed by atoms with E-state index in [-0.39, 0.29) is 17.6 Å². The largest absolute Gasteiger partial charge is 0.490 e. The van der Waals surface area contributed by atoms with Crippen molar-refractivity contribution in [2.45, 2.75) is 13.0 Å². The molecule has 2 heterocycles. The van der Waals surface area contributed by atoms with Gasteiger partial charge in [-0.2, -0.15) is 0 Å². The highest BCUT2D eigenvalue weighted by molar-refractivity contribution is 5.91. The Hall–Kier alpha value is -3.95. The van der Waals surface area contributed by atoms with E-state index in [2.05, 4.69) is 10.3 Å². The number of nitrogens with zero attached hydrogens (tertiary/aromatic N) is 3. The number of rotatable bonds is 4. The first-order chi connectivity index (χ1) is 14.0. The molecule has 0 bridgehead atoms. The predicted octanol–water partition coefficient (Wildman–Crippen LogP) is 2.10. The van der Waals surface area contributed by atoms with Crippen LogP contribution in [0.3, 0.4) is 0 Å². The molecule has 3 aromatic rings. The van der Waals surface area contributed by atoms with Crippen molar-refractivity contribution in [1.29, 1.82) is 0 Å². The Bertz CT molecular complexity index is 1170. The fourth-order valence-corrected chi connectivity index (χ4v) is 2.97. The van der Waals surface area contributed by atoms with Crippen LogP contribution >= 0.6 is 0 Å². The van der Waals surface area contributed by atoms with Crippen molar-refractivity contribution in [3.63, 3.8) is 0 Å². The highest BCUT2D eigenvalue weighted by atomic mass is 16.6. The van der Waals surface area contributed by atoms with Crippen LogP contribution in [0.5, 0.6) is 11.5 Å². The molecule has 10 heteroatoms. The molecule has 10 nitrogen and oxygen atoms in total. The summed E-state index contributed by atoms with van der Waals surface area (Å²) in [4.78, 5) is 39.4. The molecule has 0 spiro atoms. The van der Waals surface area contributed by atoms with Crippen LogP contribution in [-0.2, 0) is 11.3 Å². The molecule has 0 fully saturated rings. The summed E-state index contributed by atoms with van der Waals surface area (Å²) in [5.41, 5.74) is 0.0650. The lowest BCUT2D eigenvalue weighted by Crippen LogP contribution is -2.28. The Labute approximate surface area is 163 Å². The second kappa shape index (κ2) is 7.58. The number of non-ortho nitro benzene ring substituents is 1. The van der Waals surface area contributed by atoms with E-state index >= 15 is 0 Å². The summed E-state index contributed by atoms with van der Waals surface area (Å²) in [5, 5.41) is 13.7. The Balaban J connectivity index is 1.54. The van der Waals surface area contributed by atoms with Crippen LogP contribution in [-0.4, -0.2) is 33.6 Å². The third-order valence-corrected chi connectivity index (χ3v) is 4.36. The minimum atomic E-state index is -0.590. The van der Waals surface area contributed by atoms with Gasteiger partial charge >= 0.3 is 0 Å². The summed E-state index contributed by atoms with van der Waals surface area (Å²) in [6.07, 6.45) is 2.01. The van der Waals surface area contributed by atoms with E-state index in [1.54, 1.807) is 18.2 Å². The first-order valence-corrected chi connectivity index (χ1v) is 8.84. The molecule has 1 aromatic heterocycles. The molecule has 0 aliphatic carbocycles. The van der Waals surface area contributed by atoms with Crippen molar-refractivity contribution < 1.29 is 19.2 Å². The number of amides is 1. The van der Waals surface area contributed by atoms with Gasteiger partial charge in [0.15, 0.2) is 11.5 Å². The van der Waals surface area contributed by atoms with Crippen LogP contribution in [0.2, 0.25) is 0 Å². The number of nitro groups is 1. The summed E-state index contributed by atoms with van der Waals surface area (Å²) in [6.45, 7) is 0.794. The first kappa shape index (κ1) is 18.4. The normalized spacial score (nSPS) is 13.0. The monoisotopic (exact) mass is 396 g/mol. The number of ether oxygens (including phenoxy) is 2. The molecule has 148 valence electrons. The third kappa shape index (κ3) is 3.86. The second-order valence-electron chi connectivity index (χ2n) is 6.40. The maximum Gasteiger partial charge on any atom is 0.270 e. The zero-order chi connectivity index (χ0) is 20.4. The van der Waals surface area contributed by atoms with Crippen molar-refractivity contribution in [1.82, 2.24) is 9.55 Å². The number of hydrogen-bond acceptors (Lipinski definition) is 7. The van der Waals surface area contributed by atoms with Gasteiger partial charge in [-0.3, -0.25) is 24.3 Å². The highest BCUT2D eigenvalue weighted by Crippen LogP contribution is 2.32. The number of nitrogens with one attached hydrogen (secondary N) is 1. The van der Waals surface area contributed by atoms with E-state index in [0.29, 0.717) is 35.9 Å². The SMILES string of the molecule is O=C(Cn1cnc2ccc([N+](=O)[O-])cc2c1=O)Nc1ccc2c(c1)OCCCO2. The first-order valence-electron chi connectivity index (χ1n) is 8.84. The van der Waals surface area contributed by atoms with Crippen LogP contribution in [0.4, 0.5) is 11.4 Å². The molecular formula is C19H16N4O6. The van der Waals surface area contributed by atoms with Gasteiger partial charge < -0.3 is 14.8 Å². The molecule has 1 N–H and O–H groups in total. The van der Waals surface area contributed by atoms with Gasteiger partial charge in [0, 0.05) is 30.3 Å². The molecule has 0 saturated heterocycles. The summed E-state index contributed by atoms with van der Waals surface area (Å²) in [6, 6.07) is 8.87. The quantitative estimate of drug-likeness (QED) is 0.529. The summed E-state index contributed by atoms with van der Waals surface area (Å²) in [7, 11) is 0. The van der Waals surface area contributed by atoms with Crippen LogP contribution < -0.4 is 20.3 Å². The summed E-state index contributed by atoms with van der Waals surface area (Å²) >= 11 is 0. The molecule has 1 aliphatic rings. The van der Waals surface area contributed by atoms with Crippen LogP contribution in [0, 0.1) is 10.1 Å². The zero-order valence-electron chi connectivity index (χ0n) is 15.2. The van der Waals surface area contributed by atoms with Crippen molar-refractivity contribution in [3.05, 3.63) is 63.2 Å². The Morgan fingerprint density at radius 1 is 1.17 bits per heavy atom. The number of anilines is 1. The molecule has 0 unspecified atom stereocenters. The molecule has 4 rings (SSSR count). The number of carbonyl (C=O) groups is 1. The van der Waals surface area contributed by atoms with Crippen LogP contribution in [0.25, 0.3) is 10.9 Å². The van der Waals surface area contributed by atoms with Gasteiger partial charge in [0.2, 0.25) is 5.91 Å².